The summed E-state index contributed by atoms with van der Waals surface area (Å²) >= 11 is 0. The lowest BCUT2D eigenvalue weighted by atomic mass is 9.97. The quantitative estimate of drug-likeness (QED) is 0.873. The number of rotatable bonds is 3. The Labute approximate surface area is 103 Å². The summed E-state index contributed by atoms with van der Waals surface area (Å²) in [5.41, 5.74) is 0.988. The van der Waals surface area contributed by atoms with Crippen LogP contribution in [0.15, 0.2) is 24.4 Å². The molecule has 0 radical (unpaired) electrons. The molecule has 1 rings (SSSR count). The second kappa shape index (κ2) is 5.66. The highest BCUT2D eigenvalue weighted by Gasteiger charge is 2.14. The van der Waals surface area contributed by atoms with Gasteiger partial charge < -0.3 is 10.2 Å². The SMILES string of the molecule is CN(Cc1ccccn1)C(=O)NCC(C)(C)C. The molecular formula is C13H21N3O. The predicted octanol–water partition coefficient (Wildman–Crippen LogP) is 2.27. The third kappa shape index (κ3) is 5.33. The molecule has 4 nitrogen and oxygen atoms in total. The Hall–Kier alpha value is -1.58. The zero-order valence-electron chi connectivity index (χ0n) is 11.0. The molecule has 17 heavy (non-hydrogen) atoms. The van der Waals surface area contributed by atoms with E-state index in [9.17, 15) is 4.79 Å². The first kappa shape index (κ1) is 13.5. The van der Waals surface area contributed by atoms with Crippen LogP contribution in [-0.4, -0.2) is 29.5 Å². The van der Waals surface area contributed by atoms with Gasteiger partial charge in [0.05, 0.1) is 12.2 Å². The van der Waals surface area contributed by atoms with Crippen molar-refractivity contribution in [2.24, 2.45) is 5.41 Å². The van der Waals surface area contributed by atoms with Crippen LogP contribution in [0.4, 0.5) is 4.79 Å². The summed E-state index contributed by atoms with van der Waals surface area (Å²) in [5, 5.41) is 2.90. The van der Waals surface area contributed by atoms with E-state index in [1.807, 2.05) is 18.2 Å². The molecule has 0 saturated heterocycles. The van der Waals surface area contributed by atoms with Crippen molar-refractivity contribution in [3.05, 3.63) is 30.1 Å². The van der Waals surface area contributed by atoms with Crippen LogP contribution < -0.4 is 5.32 Å². The van der Waals surface area contributed by atoms with E-state index in [1.54, 1.807) is 18.1 Å². The fraction of sp³-hybridized carbons (Fsp3) is 0.538. The number of nitrogens with zero attached hydrogens (tertiary/aromatic N) is 2. The summed E-state index contributed by atoms with van der Waals surface area (Å²) < 4.78 is 0. The number of nitrogens with one attached hydrogen (secondary N) is 1. The van der Waals surface area contributed by atoms with Gasteiger partial charge in [0, 0.05) is 19.8 Å². The molecule has 0 saturated carbocycles. The Balaban J connectivity index is 2.43. The Kier molecular flexibility index (Phi) is 4.49. The van der Waals surface area contributed by atoms with Crippen LogP contribution in [0.25, 0.3) is 0 Å². The molecule has 0 atom stereocenters. The number of hydrogen-bond donors (Lipinski definition) is 1. The molecule has 2 amide bonds. The molecule has 94 valence electrons. The second-order valence-corrected chi connectivity index (χ2v) is 5.40. The Morgan fingerprint density at radius 2 is 2.12 bits per heavy atom. The largest absolute Gasteiger partial charge is 0.337 e. The van der Waals surface area contributed by atoms with Gasteiger partial charge >= 0.3 is 6.03 Å². The zero-order chi connectivity index (χ0) is 12.9. The highest BCUT2D eigenvalue weighted by molar-refractivity contribution is 5.73. The van der Waals surface area contributed by atoms with E-state index < -0.39 is 0 Å². The van der Waals surface area contributed by atoms with Gasteiger partial charge in [-0.3, -0.25) is 4.98 Å². The molecule has 1 aromatic heterocycles. The van der Waals surface area contributed by atoms with Gasteiger partial charge in [0.25, 0.3) is 0 Å². The van der Waals surface area contributed by atoms with Gasteiger partial charge in [-0.2, -0.15) is 0 Å². The summed E-state index contributed by atoms with van der Waals surface area (Å²) in [6.45, 7) is 7.46. The van der Waals surface area contributed by atoms with Gasteiger partial charge in [0.15, 0.2) is 0 Å². The Morgan fingerprint density at radius 1 is 1.41 bits per heavy atom. The smallest absolute Gasteiger partial charge is 0.317 e. The third-order valence-corrected chi connectivity index (χ3v) is 2.24. The highest BCUT2D eigenvalue weighted by Crippen LogP contribution is 2.10. The lowest BCUT2D eigenvalue weighted by Gasteiger charge is -2.22. The summed E-state index contributed by atoms with van der Waals surface area (Å²) in [5.74, 6) is 0. The molecule has 1 heterocycles. The first-order valence-corrected chi connectivity index (χ1v) is 5.77. The highest BCUT2D eigenvalue weighted by atomic mass is 16.2. The normalized spacial score (nSPS) is 11.1. The number of aromatic nitrogens is 1. The standard InChI is InChI=1S/C13H21N3O/c1-13(2,3)10-15-12(17)16(4)9-11-7-5-6-8-14-11/h5-8H,9-10H2,1-4H3,(H,15,17). The fourth-order valence-corrected chi connectivity index (χ4v) is 1.28. The van der Waals surface area contributed by atoms with Gasteiger partial charge in [-0.15, -0.1) is 0 Å². The molecule has 0 aliphatic carbocycles. The van der Waals surface area contributed by atoms with Crippen LogP contribution in [0, 0.1) is 5.41 Å². The van der Waals surface area contributed by atoms with Crippen molar-refractivity contribution >= 4 is 6.03 Å². The van der Waals surface area contributed by atoms with Crippen LogP contribution in [0.3, 0.4) is 0 Å². The van der Waals surface area contributed by atoms with E-state index in [4.69, 9.17) is 0 Å². The number of pyridine rings is 1. The first-order chi connectivity index (χ1) is 7.88. The number of hydrogen-bond acceptors (Lipinski definition) is 2. The van der Waals surface area contributed by atoms with E-state index in [0.717, 1.165) is 5.69 Å². The van der Waals surface area contributed by atoms with Crippen molar-refractivity contribution in [1.29, 1.82) is 0 Å². The lowest BCUT2D eigenvalue weighted by molar-refractivity contribution is 0.201. The van der Waals surface area contributed by atoms with Crippen LogP contribution in [-0.2, 0) is 6.54 Å². The molecule has 4 heteroatoms. The molecule has 0 spiro atoms. The summed E-state index contributed by atoms with van der Waals surface area (Å²) in [6, 6.07) is 5.63. The molecule has 1 N–H and O–H groups in total. The Bertz CT molecular complexity index is 357. The van der Waals surface area contributed by atoms with Crippen molar-refractivity contribution in [3.8, 4) is 0 Å². The summed E-state index contributed by atoms with van der Waals surface area (Å²) in [4.78, 5) is 17.6. The maximum atomic E-state index is 11.8. The molecule has 0 bridgehead atoms. The molecule has 0 unspecified atom stereocenters. The molecular weight excluding hydrogens is 214 g/mol. The maximum absolute atomic E-state index is 11.8. The van der Waals surface area contributed by atoms with Gasteiger partial charge in [-0.25, -0.2) is 4.79 Å². The van der Waals surface area contributed by atoms with E-state index in [0.29, 0.717) is 13.1 Å². The zero-order valence-corrected chi connectivity index (χ0v) is 11.0. The van der Waals surface area contributed by atoms with Crippen molar-refractivity contribution < 1.29 is 4.79 Å². The minimum atomic E-state index is -0.0643. The van der Waals surface area contributed by atoms with Gasteiger partial charge in [0.1, 0.15) is 0 Å². The molecule has 1 aromatic rings. The minimum absolute atomic E-state index is 0.0643. The van der Waals surface area contributed by atoms with E-state index in [-0.39, 0.29) is 11.4 Å². The average molecular weight is 235 g/mol. The lowest BCUT2D eigenvalue weighted by Crippen LogP contribution is -2.40. The monoisotopic (exact) mass is 235 g/mol. The van der Waals surface area contributed by atoms with Gasteiger partial charge in [-0.05, 0) is 17.5 Å². The average Bonchev–Trinajstić information content (AvgIpc) is 2.26. The molecule has 0 aliphatic heterocycles. The number of urea groups is 1. The molecule has 0 fully saturated rings. The van der Waals surface area contributed by atoms with E-state index >= 15 is 0 Å². The van der Waals surface area contributed by atoms with Crippen molar-refractivity contribution in [3.63, 3.8) is 0 Å². The van der Waals surface area contributed by atoms with Gasteiger partial charge in [-0.1, -0.05) is 26.8 Å². The number of carbonyl (C=O) groups is 1. The van der Waals surface area contributed by atoms with Crippen LogP contribution in [0.1, 0.15) is 26.5 Å². The topological polar surface area (TPSA) is 45.2 Å². The van der Waals surface area contributed by atoms with Crippen molar-refractivity contribution in [2.45, 2.75) is 27.3 Å². The number of amides is 2. The van der Waals surface area contributed by atoms with Crippen molar-refractivity contribution in [2.75, 3.05) is 13.6 Å². The van der Waals surface area contributed by atoms with Crippen LogP contribution in [0.5, 0.6) is 0 Å². The predicted molar refractivity (Wildman–Crippen MR) is 68.6 cm³/mol. The van der Waals surface area contributed by atoms with Crippen LogP contribution >= 0.6 is 0 Å². The summed E-state index contributed by atoms with van der Waals surface area (Å²) in [6.07, 6.45) is 1.73. The second-order valence-electron chi connectivity index (χ2n) is 5.40. The fourth-order valence-electron chi connectivity index (χ4n) is 1.28. The first-order valence-electron chi connectivity index (χ1n) is 5.77. The Morgan fingerprint density at radius 3 is 2.65 bits per heavy atom. The van der Waals surface area contributed by atoms with Crippen molar-refractivity contribution in [1.82, 2.24) is 15.2 Å². The number of carbonyl (C=O) groups excluding carboxylic acids is 1. The summed E-state index contributed by atoms with van der Waals surface area (Å²) in [7, 11) is 1.77. The van der Waals surface area contributed by atoms with E-state index in [1.165, 1.54) is 0 Å². The third-order valence-electron chi connectivity index (χ3n) is 2.24. The van der Waals surface area contributed by atoms with E-state index in [2.05, 4.69) is 31.1 Å². The maximum Gasteiger partial charge on any atom is 0.317 e. The van der Waals surface area contributed by atoms with Crippen LogP contribution in [0.2, 0.25) is 0 Å². The molecule has 0 aromatic carbocycles. The molecule has 0 aliphatic rings. The minimum Gasteiger partial charge on any atom is -0.337 e. The van der Waals surface area contributed by atoms with Gasteiger partial charge in [0.2, 0.25) is 0 Å².